The fraction of sp³-hybridized carbons (Fsp3) is 0.207. The number of nitrogens with zero attached hydrogens (tertiary/aromatic N) is 3. The Kier molecular flexibility index (Phi) is 8.47. The van der Waals surface area contributed by atoms with Crippen molar-refractivity contribution in [2.75, 3.05) is 7.11 Å². The smallest absolute Gasteiger partial charge is 0.356 e. The molecule has 3 aromatic carbocycles. The van der Waals surface area contributed by atoms with Crippen LogP contribution < -0.4 is 9.47 Å². The largest absolute Gasteiger partial charge is 0.444 e. The first kappa shape index (κ1) is 27.2. The molecule has 0 amide bonds. The number of carbonyl (C=O) groups excluding carboxylic acids is 1. The molecule has 0 spiro atoms. The van der Waals surface area contributed by atoms with Crippen LogP contribution in [0.15, 0.2) is 91.0 Å². The van der Waals surface area contributed by atoms with Crippen molar-refractivity contribution in [3.8, 4) is 11.8 Å². The Bertz CT molecular complexity index is 1370. The maximum Gasteiger partial charge on any atom is 0.356 e. The second kappa shape index (κ2) is 12.1. The Morgan fingerprint density at radius 3 is 2.03 bits per heavy atom. The zero-order valence-electron chi connectivity index (χ0n) is 21.6. The van der Waals surface area contributed by atoms with Crippen molar-refractivity contribution in [3.63, 3.8) is 0 Å². The highest BCUT2D eigenvalue weighted by molar-refractivity contribution is 5.80. The average Bonchev–Trinajstić information content (AvgIpc) is 2.93. The zero-order valence-corrected chi connectivity index (χ0v) is 21.6. The summed E-state index contributed by atoms with van der Waals surface area (Å²) in [6.45, 7) is 3.29. The third-order valence-corrected chi connectivity index (χ3v) is 5.95. The van der Waals surface area contributed by atoms with Crippen molar-refractivity contribution in [2.24, 2.45) is 0 Å². The lowest BCUT2D eigenvalue weighted by atomic mass is 9.81. The molecule has 0 aliphatic carbocycles. The van der Waals surface area contributed by atoms with Gasteiger partial charge in [-0.3, -0.25) is 0 Å². The van der Waals surface area contributed by atoms with Gasteiger partial charge in [-0.15, -0.1) is 10.1 Å². The number of hydrogen-bond acceptors (Lipinski definition) is 9. The lowest BCUT2D eigenvalue weighted by Gasteiger charge is -2.38. The first-order valence-corrected chi connectivity index (χ1v) is 12.0. The number of carbonyl (C=O) groups is 1. The maximum atomic E-state index is 14.0. The summed E-state index contributed by atoms with van der Waals surface area (Å²) in [6, 6.07) is 26.4. The van der Waals surface area contributed by atoms with E-state index in [1.54, 1.807) is 38.1 Å². The predicted molar refractivity (Wildman–Crippen MR) is 140 cm³/mol. The van der Waals surface area contributed by atoms with E-state index in [2.05, 4.69) is 14.8 Å². The quantitative estimate of drug-likeness (QED) is 0.117. The number of aryl methyl sites for hydroxylation is 2. The number of hydrogen-bond donors (Lipinski definition) is 0. The van der Waals surface area contributed by atoms with Gasteiger partial charge in [0.15, 0.2) is 5.60 Å². The molecule has 0 saturated heterocycles. The Balaban J connectivity index is 1.82. The zero-order chi connectivity index (χ0) is 27.8. The third kappa shape index (κ3) is 6.36. The van der Waals surface area contributed by atoms with Gasteiger partial charge >= 0.3 is 12.0 Å². The summed E-state index contributed by atoms with van der Waals surface area (Å²) in [5.74, 6) is -0.648. The van der Waals surface area contributed by atoms with E-state index in [1.807, 2.05) is 60.7 Å². The molecule has 0 saturated carbocycles. The van der Waals surface area contributed by atoms with Crippen molar-refractivity contribution >= 4 is 5.97 Å². The van der Waals surface area contributed by atoms with Gasteiger partial charge in [0.1, 0.15) is 12.4 Å². The number of methoxy groups -OCH3 is 1. The summed E-state index contributed by atoms with van der Waals surface area (Å²) in [6.07, 6.45) is -1.41. The van der Waals surface area contributed by atoms with Gasteiger partial charge < -0.3 is 19.0 Å². The Morgan fingerprint density at radius 2 is 1.49 bits per heavy atom. The summed E-state index contributed by atoms with van der Waals surface area (Å²) in [5, 5.41) is 9.72. The van der Waals surface area contributed by atoms with Crippen LogP contribution in [0, 0.1) is 24.0 Å². The average molecular weight is 530 g/mol. The fourth-order valence-corrected chi connectivity index (χ4v) is 4.33. The standard InChI is InChI=1S/C29H27N3O7/c1-20-17-21(2)31-28(30-20)39-26(27(33)38-25-16-10-11-22(18-25)19-37-32(34)35)29(36-3,23-12-6-4-7-13-23)24-14-8-5-9-15-24/h4-18,26H,19H2,1-3H3/t26-/m1/s1. The minimum Gasteiger partial charge on any atom is -0.444 e. The molecule has 0 aliphatic rings. The van der Waals surface area contributed by atoms with Crippen LogP contribution in [0.25, 0.3) is 0 Å². The first-order chi connectivity index (χ1) is 18.8. The molecule has 1 heterocycles. The van der Waals surface area contributed by atoms with E-state index in [4.69, 9.17) is 14.2 Å². The Labute approximate surface area is 225 Å². The molecule has 0 N–H and O–H groups in total. The molecule has 0 aliphatic heterocycles. The first-order valence-electron chi connectivity index (χ1n) is 12.0. The van der Waals surface area contributed by atoms with Crippen molar-refractivity contribution < 1.29 is 28.9 Å². The fourth-order valence-electron chi connectivity index (χ4n) is 4.33. The van der Waals surface area contributed by atoms with E-state index < -0.39 is 22.8 Å². The van der Waals surface area contributed by atoms with Gasteiger partial charge in [0.25, 0.3) is 5.09 Å². The molecule has 0 bridgehead atoms. The van der Waals surface area contributed by atoms with Crippen molar-refractivity contribution in [3.05, 3.63) is 129 Å². The van der Waals surface area contributed by atoms with E-state index in [0.717, 1.165) is 0 Å². The van der Waals surface area contributed by atoms with E-state index >= 15 is 0 Å². The molecule has 39 heavy (non-hydrogen) atoms. The van der Waals surface area contributed by atoms with Gasteiger partial charge in [-0.1, -0.05) is 72.8 Å². The summed E-state index contributed by atoms with van der Waals surface area (Å²) in [5.41, 5.74) is 1.57. The minimum absolute atomic E-state index is 0.0177. The molecule has 200 valence electrons. The summed E-state index contributed by atoms with van der Waals surface area (Å²) in [7, 11) is 1.49. The van der Waals surface area contributed by atoms with Crippen LogP contribution in [-0.4, -0.2) is 34.2 Å². The van der Waals surface area contributed by atoms with Crippen LogP contribution in [-0.2, 0) is 26.6 Å². The molecule has 1 aromatic heterocycles. The summed E-state index contributed by atoms with van der Waals surface area (Å²) >= 11 is 0. The molecule has 10 nitrogen and oxygen atoms in total. The van der Waals surface area contributed by atoms with Crippen molar-refractivity contribution in [1.29, 1.82) is 0 Å². The minimum atomic E-state index is -1.47. The van der Waals surface area contributed by atoms with E-state index in [9.17, 15) is 14.9 Å². The highest BCUT2D eigenvalue weighted by Gasteiger charge is 2.50. The highest BCUT2D eigenvalue weighted by Crippen LogP contribution is 2.39. The Hall–Kier alpha value is -4.83. The van der Waals surface area contributed by atoms with E-state index in [1.165, 1.54) is 13.2 Å². The van der Waals surface area contributed by atoms with Crippen molar-refractivity contribution in [1.82, 2.24) is 9.97 Å². The van der Waals surface area contributed by atoms with Gasteiger partial charge in [-0.2, -0.15) is 0 Å². The SMILES string of the molecule is COC(c1ccccc1)(c1ccccc1)[C@H](Oc1nc(C)cc(C)n1)C(=O)Oc1cccc(CO[N+](=O)[O-])c1. The van der Waals surface area contributed by atoms with Gasteiger partial charge in [-0.25, -0.2) is 14.8 Å². The monoisotopic (exact) mass is 529 g/mol. The van der Waals surface area contributed by atoms with Crippen LogP contribution >= 0.6 is 0 Å². The second-order valence-corrected chi connectivity index (χ2v) is 8.67. The number of esters is 1. The van der Waals surface area contributed by atoms with Crippen LogP contribution in [0.1, 0.15) is 28.1 Å². The third-order valence-electron chi connectivity index (χ3n) is 5.95. The van der Waals surface area contributed by atoms with Crippen LogP contribution in [0.3, 0.4) is 0 Å². The lowest BCUT2D eigenvalue weighted by Crippen LogP contribution is -2.52. The molecule has 10 heteroatoms. The molecular weight excluding hydrogens is 502 g/mol. The van der Waals surface area contributed by atoms with Gasteiger partial charge in [0, 0.05) is 18.5 Å². The van der Waals surface area contributed by atoms with Crippen LogP contribution in [0.2, 0.25) is 0 Å². The molecule has 4 aromatic rings. The molecule has 0 radical (unpaired) electrons. The normalized spacial score (nSPS) is 11.9. The summed E-state index contributed by atoms with van der Waals surface area (Å²) in [4.78, 5) is 37.8. The molecule has 1 atom stereocenters. The summed E-state index contributed by atoms with van der Waals surface area (Å²) < 4.78 is 18.2. The van der Waals surface area contributed by atoms with Crippen LogP contribution in [0.5, 0.6) is 11.8 Å². The number of benzene rings is 3. The van der Waals surface area contributed by atoms with Gasteiger partial charge in [0.2, 0.25) is 6.10 Å². The highest BCUT2D eigenvalue weighted by atomic mass is 16.9. The van der Waals surface area contributed by atoms with Gasteiger partial charge in [0.05, 0.1) is 0 Å². The Morgan fingerprint density at radius 1 is 0.897 bits per heavy atom. The van der Waals surface area contributed by atoms with Crippen molar-refractivity contribution in [2.45, 2.75) is 32.2 Å². The second-order valence-electron chi connectivity index (χ2n) is 8.67. The number of rotatable bonds is 11. The van der Waals surface area contributed by atoms with E-state index in [0.29, 0.717) is 28.1 Å². The molecular formula is C29H27N3O7. The van der Waals surface area contributed by atoms with Crippen LogP contribution in [0.4, 0.5) is 0 Å². The molecule has 0 fully saturated rings. The molecule has 4 rings (SSSR count). The topological polar surface area (TPSA) is 123 Å². The lowest BCUT2D eigenvalue weighted by molar-refractivity contribution is -0.763. The molecule has 0 unspecified atom stereocenters. The van der Waals surface area contributed by atoms with Gasteiger partial charge in [-0.05, 0) is 48.7 Å². The number of ether oxygens (including phenoxy) is 3. The predicted octanol–water partition coefficient (Wildman–Crippen LogP) is 4.74. The maximum absolute atomic E-state index is 14.0. The van der Waals surface area contributed by atoms with E-state index in [-0.39, 0.29) is 18.4 Å². The number of aromatic nitrogens is 2.